The Labute approximate surface area is 149 Å². The molecule has 0 radical (unpaired) electrons. The maximum atomic E-state index is 12.3. The van der Waals surface area contributed by atoms with Gasteiger partial charge in [-0.2, -0.15) is 5.10 Å². The molecule has 0 aliphatic rings. The highest BCUT2D eigenvalue weighted by molar-refractivity contribution is 6.30. The number of hydrogen-bond acceptors (Lipinski definition) is 4. The van der Waals surface area contributed by atoms with E-state index in [0.717, 1.165) is 5.56 Å². The third-order valence-corrected chi connectivity index (χ3v) is 3.90. The first-order valence-corrected chi connectivity index (χ1v) is 8.04. The van der Waals surface area contributed by atoms with Crippen molar-refractivity contribution in [1.29, 1.82) is 0 Å². The standard InChI is InChI=1S/C19H15ClN2O3/c1-12(18(23)14-5-3-2-4-6-14)25-19(24)17-11-16(21-22-17)13-7-9-15(20)10-8-13/h2-12H,1H3,(H,21,22)/t12-/m1/s1. The lowest BCUT2D eigenvalue weighted by Crippen LogP contribution is -2.24. The minimum absolute atomic E-state index is 0.178. The Balaban J connectivity index is 1.69. The van der Waals surface area contributed by atoms with Crippen molar-refractivity contribution in [2.75, 3.05) is 0 Å². The normalized spacial score (nSPS) is 11.8. The van der Waals surface area contributed by atoms with Gasteiger partial charge in [0.05, 0.1) is 5.69 Å². The van der Waals surface area contributed by atoms with Crippen LogP contribution in [0.2, 0.25) is 5.02 Å². The van der Waals surface area contributed by atoms with Crippen molar-refractivity contribution < 1.29 is 14.3 Å². The molecule has 0 unspecified atom stereocenters. The van der Waals surface area contributed by atoms with E-state index in [-0.39, 0.29) is 11.5 Å². The number of benzene rings is 2. The van der Waals surface area contributed by atoms with Crippen LogP contribution in [0.3, 0.4) is 0 Å². The number of H-pyrrole nitrogens is 1. The number of nitrogens with one attached hydrogen (secondary N) is 1. The minimum Gasteiger partial charge on any atom is -0.450 e. The molecule has 0 saturated heterocycles. The van der Waals surface area contributed by atoms with Gasteiger partial charge in [-0.05, 0) is 25.1 Å². The highest BCUT2D eigenvalue weighted by Crippen LogP contribution is 2.20. The molecule has 0 aliphatic carbocycles. The molecule has 25 heavy (non-hydrogen) atoms. The van der Waals surface area contributed by atoms with Crippen LogP contribution < -0.4 is 0 Å². The summed E-state index contributed by atoms with van der Waals surface area (Å²) in [5.41, 5.74) is 2.07. The van der Waals surface area contributed by atoms with E-state index < -0.39 is 12.1 Å². The lowest BCUT2D eigenvalue weighted by molar-refractivity contribution is 0.0313. The van der Waals surface area contributed by atoms with E-state index in [9.17, 15) is 9.59 Å². The molecular formula is C19H15ClN2O3. The summed E-state index contributed by atoms with van der Waals surface area (Å²) in [5, 5.41) is 7.35. The average molecular weight is 355 g/mol. The second-order valence-electron chi connectivity index (χ2n) is 5.45. The largest absolute Gasteiger partial charge is 0.450 e. The van der Waals surface area contributed by atoms with Gasteiger partial charge in [0, 0.05) is 16.1 Å². The zero-order chi connectivity index (χ0) is 17.8. The Bertz CT molecular complexity index is 889. The summed E-state index contributed by atoms with van der Waals surface area (Å²) < 4.78 is 5.24. The van der Waals surface area contributed by atoms with Crippen LogP contribution >= 0.6 is 11.6 Å². The number of ketones is 1. The van der Waals surface area contributed by atoms with Crippen molar-refractivity contribution in [3.63, 3.8) is 0 Å². The quantitative estimate of drug-likeness (QED) is 0.551. The number of carbonyl (C=O) groups is 2. The van der Waals surface area contributed by atoms with Crippen LogP contribution in [0.25, 0.3) is 11.3 Å². The topological polar surface area (TPSA) is 72.0 Å². The molecule has 5 nitrogen and oxygen atoms in total. The Morgan fingerprint density at radius 1 is 1.08 bits per heavy atom. The van der Waals surface area contributed by atoms with Gasteiger partial charge in [0.2, 0.25) is 5.78 Å². The van der Waals surface area contributed by atoms with Crippen molar-refractivity contribution in [1.82, 2.24) is 10.2 Å². The Kier molecular flexibility index (Phi) is 4.95. The number of nitrogens with zero attached hydrogens (tertiary/aromatic N) is 1. The molecule has 1 heterocycles. The number of aromatic amines is 1. The number of esters is 1. The highest BCUT2D eigenvalue weighted by Gasteiger charge is 2.21. The predicted molar refractivity (Wildman–Crippen MR) is 94.7 cm³/mol. The Morgan fingerprint density at radius 2 is 1.76 bits per heavy atom. The molecule has 0 saturated carbocycles. The van der Waals surface area contributed by atoms with Crippen LogP contribution in [-0.2, 0) is 4.74 Å². The van der Waals surface area contributed by atoms with Crippen molar-refractivity contribution in [3.8, 4) is 11.3 Å². The number of aromatic nitrogens is 2. The Hall–Kier alpha value is -2.92. The second kappa shape index (κ2) is 7.32. The second-order valence-corrected chi connectivity index (χ2v) is 5.89. The number of rotatable bonds is 5. The van der Waals surface area contributed by atoms with Gasteiger partial charge in [0.1, 0.15) is 5.69 Å². The van der Waals surface area contributed by atoms with Gasteiger partial charge >= 0.3 is 5.97 Å². The van der Waals surface area contributed by atoms with E-state index in [0.29, 0.717) is 16.3 Å². The van der Waals surface area contributed by atoms with E-state index in [1.54, 1.807) is 61.5 Å². The molecule has 0 aliphatic heterocycles. The summed E-state index contributed by atoms with van der Waals surface area (Å²) >= 11 is 5.86. The first-order valence-electron chi connectivity index (χ1n) is 7.66. The van der Waals surface area contributed by atoms with Crippen molar-refractivity contribution in [3.05, 3.63) is 76.9 Å². The summed E-state index contributed by atoms with van der Waals surface area (Å²) in [5.74, 6) is -0.893. The van der Waals surface area contributed by atoms with Gasteiger partial charge in [-0.1, -0.05) is 54.1 Å². The third-order valence-electron chi connectivity index (χ3n) is 3.65. The molecule has 6 heteroatoms. The fraction of sp³-hybridized carbons (Fsp3) is 0.105. The molecule has 1 aromatic heterocycles. The van der Waals surface area contributed by atoms with Gasteiger partial charge in [-0.3, -0.25) is 9.89 Å². The van der Waals surface area contributed by atoms with Crippen molar-refractivity contribution >= 4 is 23.4 Å². The van der Waals surface area contributed by atoms with Gasteiger partial charge in [0.25, 0.3) is 0 Å². The van der Waals surface area contributed by atoms with Crippen molar-refractivity contribution in [2.24, 2.45) is 0 Å². The number of ether oxygens (including phenoxy) is 1. The van der Waals surface area contributed by atoms with E-state index in [2.05, 4.69) is 10.2 Å². The number of Topliss-reactive ketones (excluding diaryl/α,β-unsaturated/α-hetero) is 1. The number of halogens is 1. The van der Waals surface area contributed by atoms with Gasteiger partial charge < -0.3 is 4.74 Å². The molecule has 1 N–H and O–H groups in total. The molecule has 3 rings (SSSR count). The zero-order valence-corrected chi connectivity index (χ0v) is 14.2. The summed E-state index contributed by atoms with van der Waals surface area (Å²) in [6.45, 7) is 1.55. The molecule has 3 aromatic rings. The molecule has 0 bridgehead atoms. The van der Waals surface area contributed by atoms with Gasteiger partial charge in [0.15, 0.2) is 6.10 Å². The summed E-state index contributed by atoms with van der Waals surface area (Å²) in [6, 6.07) is 17.4. The summed E-state index contributed by atoms with van der Waals surface area (Å²) in [7, 11) is 0. The van der Waals surface area contributed by atoms with Crippen LogP contribution in [0.4, 0.5) is 0 Å². The van der Waals surface area contributed by atoms with E-state index >= 15 is 0 Å². The van der Waals surface area contributed by atoms with Crippen LogP contribution in [0.15, 0.2) is 60.7 Å². The van der Waals surface area contributed by atoms with Gasteiger partial charge in [-0.15, -0.1) is 0 Å². The molecule has 0 fully saturated rings. The Morgan fingerprint density at radius 3 is 2.44 bits per heavy atom. The van der Waals surface area contributed by atoms with E-state index in [4.69, 9.17) is 16.3 Å². The molecular weight excluding hydrogens is 340 g/mol. The number of carbonyl (C=O) groups excluding carboxylic acids is 2. The molecule has 1 atom stereocenters. The molecule has 0 amide bonds. The average Bonchev–Trinajstić information content (AvgIpc) is 3.12. The third kappa shape index (κ3) is 3.95. The maximum absolute atomic E-state index is 12.3. The first-order chi connectivity index (χ1) is 12.0. The van der Waals surface area contributed by atoms with Crippen LogP contribution in [0.5, 0.6) is 0 Å². The van der Waals surface area contributed by atoms with E-state index in [1.165, 1.54) is 0 Å². The van der Waals surface area contributed by atoms with Crippen LogP contribution in [-0.4, -0.2) is 28.1 Å². The molecule has 0 spiro atoms. The number of hydrogen-bond donors (Lipinski definition) is 1. The summed E-state index contributed by atoms with van der Waals surface area (Å²) in [6.07, 6.45) is -0.891. The van der Waals surface area contributed by atoms with E-state index in [1.807, 2.05) is 6.07 Å². The van der Waals surface area contributed by atoms with Crippen molar-refractivity contribution in [2.45, 2.75) is 13.0 Å². The highest BCUT2D eigenvalue weighted by atomic mass is 35.5. The van der Waals surface area contributed by atoms with Crippen LogP contribution in [0, 0.1) is 0 Å². The molecule has 2 aromatic carbocycles. The maximum Gasteiger partial charge on any atom is 0.357 e. The van der Waals surface area contributed by atoms with Gasteiger partial charge in [-0.25, -0.2) is 4.79 Å². The minimum atomic E-state index is -0.891. The summed E-state index contributed by atoms with van der Waals surface area (Å²) in [4.78, 5) is 24.5. The van der Waals surface area contributed by atoms with Crippen LogP contribution in [0.1, 0.15) is 27.8 Å². The monoisotopic (exact) mass is 354 g/mol. The fourth-order valence-electron chi connectivity index (χ4n) is 2.31. The first kappa shape index (κ1) is 16.9. The SMILES string of the molecule is C[C@@H](OC(=O)c1cc(-c2ccc(Cl)cc2)n[nH]1)C(=O)c1ccccc1. The predicted octanol–water partition coefficient (Wildman–Crippen LogP) is 4.16. The lowest BCUT2D eigenvalue weighted by atomic mass is 10.1. The fourth-order valence-corrected chi connectivity index (χ4v) is 2.44. The smallest absolute Gasteiger partial charge is 0.357 e. The lowest BCUT2D eigenvalue weighted by Gasteiger charge is -2.11. The zero-order valence-electron chi connectivity index (χ0n) is 13.4. The molecule has 126 valence electrons.